The number of hydrogen-bond donors (Lipinski definition) is 0. The van der Waals surface area contributed by atoms with Crippen LogP contribution >= 0.6 is 10.4 Å². The molecule has 11 heavy (non-hydrogen) atoms. The Bertz CT molecular complexity index is 194. The van der Waals surface area contributed by atoms with Crippen molar-refractivity contribution >= 4 is 16.5 Å². The Morgan fingerprint density at radius 1 is 1.27 bits per heavy atom. The third kappa shape index (κ3) is 2.78. The monoisotopic (exact) mass is 200 g/mol. The molecule has 0 spiro atoms. The zero-order valence-corrected chi connectivity index (χ0v) is 5.88. The summed E-state index contributed by atoms with van der Waals surface area (Å²) >= 11 is 0. The van der Waals surface area contributed by atoms with Gasteiger partial charge < -0.3 is 9.90 Å². The third-order valence-electron chi connectivity index (χ3n) is 0.775. The molecule has 0 aliphatic carbocycles. The van der Waals surface area contributed by atoms with E-state index in [2.05, 4.69) is 0 Å². The standard InChI is InChI=1S/C2H4F5NO2S/c1-8(2(9)10)11(3,4,5,6)7/h1H3,(H,9,10)/p-1. The van der Waals surface area contributed by atoms with Crippen LogP contribution in [-0.4, -0.2) is 17.4 Å². The average molecular weight is 200 g/mol. The van der Waals surface area contributed by atoms with Gasteiger partial charge in [-0.2, -0.15) is 0 Å². The van der Waals surface area contributed by atoms with Gasteiger partial charge in [0.25, 0.3) is 0 Å². The molecule has 0 bridgehead atoms. The van der Waals surface area contributed by atoms with E-state index in [0.29, 0.717) is 0 Å². The van der Waals surface area contributed by atoms with Crippen LogP contribution in [0, 0.1) is 0 Å². The Balaban J connectivity index is 5.02. The minimum atomic E-state index is -10.0. The SMILES string of the molecule is CN(C(=O)[O-])S(F)(F)(F)(F)F. The van der Waals surface area contributed by atoms with Crippen molar-refractivity contribution in [3.05, 3.63) is 0 Å². The van der Waals surface area contributed by atoms with Gasteiger partial charge in [0.15, 0.2) is 6.09 Å². The first-order valence-electron chi connectivity index (χ1n) is 2.03. The number of carboxylic acid groups (broad SMARTS) is 1. The highest BCUT2D eigenvalue weighted by Gasteiger charge is 2.68. The molecule has 0 saturated carbocycles. The summed E-state index contributed by atoms with van der Waals surface area (Å²) in [7, 11) is -10.4. The molecule has 0 rings (SSSR count). The van der Waals surface area contributed by atoms with Gasteiger partial charge >= 0.3 is 10.4 Å². The Hall–Kier alpha value is -0.730. The predicted molar refractivity (Wildman–Crippen MR) is 26.3 cm³/mol. The van der Waals surface area contributed by atoms with E-state index in [1.54, 1.807) is 0 Å². The molecule has 0 N–H and O–H groups in total. The van der Waals surface area contributed by atoms with Crippen molar-refractivity contribution in [1.82, 2.24) is 4.31 Å². The minimum Gasteiger partial charge on any atom is -0.529 e. The molecule has 0 atom stereocenters. The van der Waals surface area contributed by atoms with E-state index < -0.39 is 20.8 Å². The summed E-state index contributed by atoms with van der Waals surface area (Å²) < 4.78 is 54.8. The van der Waals surface area contributed by atoms with Gasteiger partial charge in [-0.25, -0.2) is 4.31 Å². The van der Waals surface area contributed by atoms with Crippen LogP contribution in [-0.2, 0) is 0 Å². The number of rotatable bonds is 1. The summed E-state index contributed by atoms with van der Waals surface area (Å²) in [5.74, 6) is 0. The average Bonchev–Trinajstić information content (AvgIpc) is 1.57. The summed E-state index contributed by atoms with van der Waals surface area (Å²) in [6, 6.07) is 0. The smallest absolute Gasteiger partial charge is 0.365 e. The van der Waals surface area contributed by atoms with E-state index >= 15 is 0 Å². The highest BCUT2D eigenvalue weighted by atomic mass is 32.5. The fourth-order valence-electron chi connectivity index (χ4n) is 0.141. The molecule has 0 aromatic rings. The normalized spacial score (nSPS) is 18.4. The predicted octanol–water partition coefficient (Wildman–Crippen LogP) is 1.48. The van der Waals surface area contributed by atoms with Crippen molar-refractivity contribution < 1.29 is 29.3 Å². The van der Waals surface area contributed by atoms with Crippen LogP contribution in [0.3, 0.4) is 0 Å². The lowest BCUT2D eigenvalue weighted by Crippen LogP contribution is -2.43. The van der Waals surface area contributed by atoms with Crippen molar-refractivity contribution in [3.8, 4) is 0 Å². The number of nitrogens with zero attached hydrogens (tertiary/aromatic N) is 1. The first-order chi connectivity index (χ1) is 4.34. The van der Waals surface area contributed by atoms with E-state index in [0.717, 1.165) is 0 Å². The minimum absolute atomic E-state index is 0.309. The summed E-state index contributed by atoms with van der Waals surface area (Å²) in [5, 5.41) is 9.40. The number of halogens is 5. The maximum atomic E-state index is 11.4. The second kappa shape index (κ2) is 1.54. The second-order valence-electron chi connectivity index (χ2n) is 1.69. The van der Waals surface area contributed by atoms with E-state index in [1.165, 1.54) is 0 Å². The molecule has 9 heteroatoms. The molecule has 0 aromatic carbocycles. The molecule has 0 aliphatic rings. The molecule has 0 unspecified atom stereocenters. The quantitative estimate of drug-likeness (QED) is 0.601. The number of carbonyl (C=O) groups is 1. The van der Waals surface area contributed by atoms with Crippen LogP contribution in [0.2, 0.25) is 0 Å². The molecule has 0 aromatic heterocycles. The van der Waals surface area contributed by atoms with Gasteiger partial charge in [0.05, 0.1) is 0 Å². The van der Waals surface area contributed by atoms with Crippen molar-refractivity contribution in [2.75, 3.05) is 7.05 Å². The van der Waals surface area contributed by atoms with Crippen LogP contribution in [0.5, 0.6) is 0 Å². The van der Waals surface area contributed by atoms with Crippen molar-refractivity contribution in [3.63, 3.8) is 0 Å². The van der Waals surface area contributed by atoms with Crippen molar-refractivity contribution in [2.24, 2.45) is 0 Å². The summed E-state index contributed by atoms with van der Waals surface area (Å²) in [6.45, 7) is 0. The lowest BCUT2D eigenvalue weighted by molar-refractivity contribution is -0.259. The molecule has 1 amide bonds. The van der Waals surface area contributed by atoms with Gasteiger partial charge in [-0.15, -0.1) is 0 Å². The molecule has 0 fully saturated rings. The zero-order valence-electron chi connectivity index (χ0n) is 5.06. The number of carbonyl (C=O) groups excluding carboxylic acids is 1. The van der Waals surface area contributed by atoms with Gasteiger partial charge in [-0.3, -0.25) is 0 Å². The Morgan fingerprint density at radius 3 is 1.55 bits per heavy atom. The van der Waals surface area contributed by atoms with Crippen molar-refractivity contribution in [1.29, 1.82) is 0 Å². The van der Waals surface area contributed by atoms with E-state index in [1.807, 2.05) is 0 Å². The van der Waals surface area contributed by atoms with Crippen LogP contribution in [0.25, 0.3) is 0 Å². The topological polar surface area (TPSA) is 43.4 Å². The fourth-order valence-corrected chi connectivity index (χ4v) is 0.423. The van der Waals surface area contributed by atoms with Gasteiger partial charge in [-0.05, 0) is 0 Å². The Kier molecular flexibility index (Phi) is 1.44. The first kappa shape index (κ1) is 10.3. The lowest BCUT2D eigenvalue weighted by Gasteiger charge is -2.48. The molecule has 3 nitrogen and oxygen atoms in total. The third-order valence-corrected chi connectivity index (χ3v) is 1.96. The second-order valence-corrected chi connectivity index (χ2v) is 4.10. The summed E-state index contributed by atoms with van der Waals surface area (Å²) in [4.78, 5) is 9.40. The highest BCUT2D eigenvalue weighted by Crippen LogP contribution is 2.98. The van der Waals surface area contributed by atoms with Crippen LogP contribution < -0.4 is 5.11 Å². The van der Waals surface area contributed by atoms with Gasteiger partial charge in [0.1, 0.15) is 0 Å². The van der Waals surface area contributed by atoms with Gasteiger partial charge in [-0.1, -0.05) is 19.4 Å². The van der Waals surface area contributed by atoms with E-state index in [9.17, 15) is 29.3 Å². The van der Waals surface area contributed by atoms with Crippen LogP contribution in [0.1, 0.15) is 0 Å². The summed E-state index contributed by atoms with van der Waals surface area (Å²) in [5.41, 5.74) is 0. The maximum absolute atomic E-state index is 11.4. The fraction of sp³-hybridized carbons (Fsp3) is 0.500. The molecule has 0 saturated heterocycles. The van der Waals surface area contributed by atoms with Crippen molar-refractivity contribution in [2.45, 2.75) is 0 Å². The lowest BCUT2D eigenvalue weighted by atomic mass is 11.1. The van der Waals surface area contributed by atoms with E-state index in [-0.39, 0.29) is 7.05 Å². The molecule has 0 radical (unpaired) electrons. The largest absolute Gasteiger partial charge is 0.529 e. The summed E-state index contributed by atoms with van der Waals surface area (Å²) in [6.07, 6.45) is -2.98. The highest BCUT2D eigenvalue weighted by molar-refractivity contribution is 8.44. The Morgan fingerprint density at radius 2 is 1.55 bits per heavy atom. The van der Waals surface area contributed by atoms with Gasteiger partial charge in [0, 0.05) is 7.05 Å². The molecule has 0 heterocycles. The van der Waals surface area contributed by atoms with Crippen LogP contribution in [0.15, 0.2) is 0 Å². The molecule has 0 aliphatic heterocycles. The zero-order chi connectivity index (χ0) is 9.56. The Labute approximate surface area is 58.3 Å². The van der Waals surface area contributed by atoms with E-state index in [4.69, 9.17) is 0 Å². The number of amides is 1. The maximum Gasteiger partial charge on any atom is 0.365 e. The molecule has 70 valence electrons. The first-order valence-corrected chi connectivity index (χ1v) is 3.94. The number of hydrogen-bond acceptors (Lipinski definition) is 2. The molecular formula is C2H3F5NO2S-. The molecular weight excluding hydrogens is 197 g/mol. The van der Waals surface area contributed by atoms with Crippen LogP contribution in [0.4, 0.5) is 24.2 Å². The van der Waals surface area contributed by atoms with Gasteiger partial charge in [0.2, 0.25) is 0 Å².